The number of nitrogens with two attached hydrogens (primary N) is 1. The van der Waals surface area contributed by atoms with Gasteiger partial charge in [0.1, 0.15) is 0 Å². The molecule has 0 bridgehead atoms. The highest BCUT2D eigenvalue weighted by atomic mass is 15.2. The number of nitrogens with zero attached hydrogens (tertiary/aromatic N) is 3. The van der Waals surface area contributed by atoms with Crippen molar-refractivity contribution in [2.75, 3.05) is 24.2 Å². The zero-order valence-corrected chi connectivity index (χ0v) is 9.07. The molecule has 0 aliphatic rings. The monoisotopic (exact) mass is 194 g/mol. The molecule has 0 saturated heterocycles. The highest BCUT2D eigenvalue weighted by Gasteiger charge is 2.07. The van der Waals surface area contributed by atoms with Crippen LogP contribution >= 0.6 is 0 Å². The molecule has 1 rings (SSSR count). The Morgan fingerprint density at radius 1 is 1.43 bits per heavy atom. The third-order valence-corrected chi connectivity index (χ3v) is 2.28. The van der Waals surface area contributed by atoms with E-state index in [9.17, 15) is 0 Å². The van der Waals surface area contributed by atoms with E-state index < -0.39 is 0 Å². The van der Waals surface area contributed by atoms with Crippen molar-refractivity contribution in [1.82, 2.24) is 9.97 Å². The van der Waals surface area contributed by atoms with Gasteiger partial charge in [-0.1, -0.05) is 20.3 Å². The van der Waals surface area contributed by atoms with Gasteiger partial charge in [0.25, 0.3) is 0 Å². The second kappa shape index (κ2) is 4.79. The molecule has 1 atom stereocenters. The van der Waals surface area contributed by atoms with E-state index in [-0.39, 0.29) is 0 Å². The van der Waals surface area contributed by atoms with Gasteiger partial charge in [0.2, 0.25) is 5.95 Å². The van der Waals surface area contributed by atoms with E-state index in [1.165, 1.54) is 6.42 Å². The van der Waals surface area contributed by atoms with Crippen molar-refractivity contribution in [2.24, 2.45) is 5.92 Å². The molecule has 1 aromatic rings. The van der Waals surface area contributed by atoms with E-state index in [4.69, 9.17) is 5.73 Å². The average Bonchev–Trinajstić information content (AvgIpc) is 2.18. The van der Waals surface area contributed by atoms with Crippen LogP contribution in [0, 0.1) is 5.92 Å². The number of hydrogen-bond acceptors (Lipinski definition) is 4. The summed E-state index contributed by atoms with van der Waals surface area (Å²) in [5, 5.41) is 0. The molecule has 1 heterocycles. The molecule has 2 N–H and O–H groups in total. The first-order valence-corrected chi connectivity index (χ1v) is 4.92. The summed E-state index contributed by atoms with van der Waals surface area (Å²) in [5.41, 5.74) is 6.11. The van der Waals surface area contributed by atoms with Crippen LogP contribution < -0.4 is 10.6 Å². The van der Waals surface area contributed by atoms with Crippen molar-refractivity contribution in [1.29, 1.82) is 0 Å². The van der Waals surface area contributed by atoms with Crippen LogP contribution in [0.3, 0.4) is 0 Å². The zero-order valence-electron chi connectivity index (χ0n) is 9.07. The fourth-order valence-corrected chi connectivity index (χ4v) is 1.21. The van der Waals surface area contributed by atoms with E-state index in [1.807, 2.05) is 11.9 Å². The Labute approximate surface area is 85.2 Å². The van der Waals surface area contributed by atoms with E-state index in [1.54, 1.807) is 12.4 Å². The van der Waals surface area contributed by atoms with Crippen LogP contribution in [0.4, 0.5) is 11.6 Å². The molecule has 0 amide bonds. The van der Waals surface area contributed by atoms with Crippen molar-refractivity contribution in [3.05, 3.63) is 12.4 Å². The number of anilines is 2. The number of hydrogen-bond donors (Lipinski definition) is 1. The molecule has 4 heteroatoms. The van der Waals surface area contributed by atoms with Gasteiger partial charge >= 0.3 is 0 Å². The van der Waals surface area contributed by atoms with Gasteiger partial charge in [0.15, 0.2) is 0 Å². The molecule has 14 heavy (non-hydrogen) atoms. The van der Waals surface area contributed by atoms with Crippen LogP contribution in [0.15, 0.2) is 12.4 Å². The van der Waals surface area contributed by atoms with E-state index in [0.29, 0.717) is 11.6 Å². The molecule has 1 aromatic heterocycles. The predicted molar refractivity (Wildman–Crippen MR) is 59.2 cm³/mol. The van der Waals surface area contributed by atoms with E-state index in [2.05, 4.69) is 23.8 Å². The van der Waals surface area contributed by atoms with Crippen molar-refractivity contribution in [3.8, 4) is 0 Å². The maximum Gasteiger partial charge on any atom is 0.225 e. The maximum atomic E-state index is 5.51. The van der Waals surface area contributed by atoms with E-state index in [0.717, 1.165) is 12.5 Å². The van der Waals surface area contributed by atoms with Gasteiger partial charge in [-0.05, 0) is 5.92 Å². The number of rotatable bonds is 4. The molecular weight excluding hydrogens is 176 g/mol. The molecule has 0 aliphatic carbocycles. The van der Waals surface area contributed by atoms with Crippen molar-refractivity contribution >= 4 is 11.6 Å². The first-order valence-electron chi connectivity index (χ1n) is 4.92. The minimum absolute atomic E-state index is 0.602. The van der Waals surface area contributed by atoms with Gasteiger partial charge in [-0.25, -0.2) is 9.97 Å². The van der Waals surface area contributed by atoms with Gasteiger partial charge in [0.05, 0.1) is 18.1 Å². The second-order valence-electron chi connectivity index (χ2n) is 3.71. The third kappa shape index (κ3) is 2.87. The zero-order chi connectivity index (χ0) is 10.6. The van der Waals surface area contributed by atoms with Crippen LogP contribution in [-0.4, -0.2) is 23.6 Å². The molecule has 0 saturated carbocycles. The molecule has 4 nitrogen and oxygen atoms in total. The summed E-state index contributed by atoms with van der Waals surface area (Å²) in [6.45, 7) is 5.37. The molecule has 0 radical (unpaired) electrons. The molecule has 0 fully saturated rings. The first-order chi connectivity index (χ1) is 6.63. The highest BCUT2D eigenvalue weighted by molar-refractivity contribution is 5.37. The summed E-state index contributed by atoms with van der Waals surface area (Å²) < 4.78 is 0. The lowest BCUT2D eigenvalue weighted by Gasteiger charge is -2.20. The summed E-state index contributed by atoms with van der Waals surface area (Å²) in [6.07, 6.45) is 4.43. The maximum absolute atomic E-state index is 5.51. The van der Waals surface area contributed by atoms with Gasteiger partial charge in [-0.15, -0.1) is 0 Å². The van der Waals surface area contributed by atoms with Gasteiger partial charge in [0, 0.05) is 13.6 Å². The normalized spacial score (nSPS) is 12.5. The Kier molecular flexibility index (Phi) is 3.68. The molecule has 0 aromatic carbocycles. The average molecular weight is 194 g/mol. The van der Waals surface area contributed by atoms with Crippen LogP contribution in [0.5, 0.6) is 0 Å². The Hall–Kier alpha value is -1.32. The summed E-state index contributed by atoms with van der Waals surface area (Å²) in [5.74, 6) is 1.39. The minimum Gasteiger partial charge on any atom is -0.396 e. The van der Waals surface area contributed by atoms with Crippen LogP contribution in [0.2, 0.25) is 0 Å². The lowest BCUT2D eigenvalue weighted by atomic mass is 10.1. The fourth-order valence-electron chi connectivity index (χ4n) is 1.21. The second-order valence-corrected chi connectivity index (χ2v) is 3.71. The molecule has 0 aliphatic heterocycles. The SMILES string of the molecule is CCC(C)CN(C)c1ncc(N)cn1. The van der Waals surface area contributed by atoms with Crippen LogP contribution in [-0.2, 0) is 0 Å². The van der Waals surface area contributed by atoms with Crippen molar-refractivity contribution < 1.29 is 0 Å². The smallest absolute Gasteiger partial charge is 0.225 e. The largest absolute Gasteiger partial charge is 0.396 e. The first kappa shape index (κ1) is 10.8. The summed E-state index contributed by atoms with van der Waals surface area (Å²) in [6, 6.07) is 0. The van der Waals surface area contributed by atoms with Crippen LogP contribution in [0.25, 0.3) is 0 Å². The number of aromatic nitrogens is 2. The Morgan fingerprint density at radius 3 is 2.50 bits per heavy atom. The summed E-state index contributed by atoms with van der Waals surface area (Å²) in [7, 11) is 2.00. The lowest BCUT2D eigenvalue weighted by Crippen LogP contribution is -2.25. The van der Waals surface area contributed by atoms with Crippen LogP contribution in [0.1, 0.15) is 20.3 Å². The fraction of sp³-hybridized carbons (Fsp3) is 0.600. The summed E-state index contributed by atoms with van der Waals surface area (Å²) >= 11 is 0. The molecule has 0 spiro atoms. The minimum atomic E-state index is 0.602. The standard InChI is InChI=1S/C10H18N4/c1-4-8(2)7-14(3)10-12-5-9(11)6-13-10/h5-6,8H,4,7,11H2,1-3H3. The quantitative estimate of drug-likeness (QED) is 0.790. The predicted octanol–water partition coefficient (Wildman–Crippen LogP) is 1.54. The molecular formula is C10H18N4. The molecule has 78 valence electrons. The van der Waals surface area contributed by atoms with Crippen molar-refractivity contribution in [2.45, 2.75) is 20.3 Å². The Morgan fingerprint density at radius 2 is 2.00 bits per heavy atom. The van der Waals surface area contributed by atoms with Crippen molar-refractivity contribution in [3.63, 3.8) is 0 Å². The topological polar surface area (TPSA) is 55.0 Å². The highest BCUT2D eigenvalue weighted by Crippen LogP contribution is 2.09. The Balaban J connectivity index is 2.60. The van der Waals surface area contributed by atoms with Gasteiger partial charge in [-0.2, -0.15) is 0 Å². The third-order valence-electron chi connectivity index (χ3n) is 2.28. The lowest BCUT2D eigenvalue weighted by molar-refractivity contribution is 0.555. The molecule has 1 unspecified atom stereocenters. The summed E-state index contributed by atoms with van der Waals surface area (Å²) in [4.78, 5) is 10.4. The Bertz CT molecular complexity index is 270. The number of nitrogen functional groups attached to an aromatic ring is 1. The van der Waals surface area contributed by atoms with E-state index >= 15 is 0 Å². The van der Waals surface area contributed by atoms with Gasteiger partial charge < -0.3 is 10.6 Å². The van der Waals surface area contributed by atoms with Gasteiger partial charge in [-0.3, -0.25) is 0 Å².